The summed E-state index contributed by atoms with van der Waals surface area (Å²) in [6.45, 7) is 0. The van der Waals surface area contributed by atoms with Crippen LogP contribution in [0.4, 0.5) is 0 Å². The molecule has 0 aliphatic rings. The quantitative estimate of drug-likeness (QED) is 0.173. The van der Waals surface area contributed by atoms with E-state index in [1.54, 1.807) is 0 Å². The number of aromatic nitrogens is 3. The number of hydrogen-bond acceptors (Lipinski definition) is 7. The third-order valence-corrected chi connectivity index (χ3v) is 14.9. The van der Waals surface area contributed by atoms with E-state index in [4.69, 9.17) is 23.8 Å². The van der Waals surface area contributed by atoms with Crippen LogP contribution in [0.2, 0.25) is 0 Å². The molecule has 5 nitrogen and oxygen atoms in total. The highest BCUT2D eigenvalue weighted by Gasteiger charge is 2.21. The van der Waals surface area contributed by atoms with Crippen LogP contribution < -0.4 is 0 Å². The lowest BCUT2D eigenvalue weighted by atomic mass is 9.93. The molecule has 9 aromatic carbocycles. The minimum absolute atomic E-state index is 0.565. The first-order chi connectivity index (χ1) is 31.7. The van der Waals surface area contributed by atoms with Crippen LogP contribution in [0.15, 0.2) is 197 Å². The lowest BCUT2D eigenvalue weighted by Gasteiger charge is -2.11. The molecule has 64 heavy (non-hydrogen) atoms. The fourth-order valence-corrected chi connectivity index (χ4v) is 12.0. The van der Waals surface area contributed by atoms with Crippen molar-refractivity contribution in [1.29, 1.82) is 0 Å². The smallest absolute Gasteiger partial charge is 0.164 e. The second kappa shape index (κ2) is 13.8. The maximum absolute atomic E-state index is 6.61. The maximum atomic E-state index is 6.61. The average molecular weight is 854 g/mol. The van der Waals surface area contributed by atoms with Crippen molar-refractivity contribution in [1.82, 2.24) is 15.0 Å². The summed E-state index contributed by atoms with van der Waals surface area (Å²) in [5.74, 6) is 1.72. The van der Waals surface area contributed by atoms with E-state index in [0.717, 1.165) is 66.1 Å². The SMILES string of the molecule is c1ccc(-c2nc(-c3ccc4c(c3)oc3ccccc34)nc(-c3cccc4oc5ccc(-c6ccc(-c7ccc8c(c7)sc7ccccc78)c7sc8ccccc8c67)cc5c34)n2)cc1. The highest BCUT2D eigenvalue weighted by Crippen LogP contribution is 2.47. The summed E-state index contributed by atoms with van der Waals surface area (Å²) in [6.07, 6.45) is 0. The van der Waals surface area contributed by atoms with Gasteiger partial charge in [-0.05, 0) is 76.9 Å². The molecule has 298 valence electrons. The van der Waals surface area contributed by atoms with Gasteiger partial charge in [0.2, 0.25) is 0 Å². The van der Waals surface area contributed by atoms with Gasteiger partial charge in [-0.3, -0.25) is 0 Å². The van der Waals surface area contributed by atoms with Gasteiger partial charge in [-0.2, -0.15) is 0 Å². The molecule has 0 radical (unpaired) electrons. The van der Waals surface area contributed by atoms with Gasteiger partial charge < -0.3 is 8.83 Å². The third kappa shape index (κ3) is 5.45. The number of benzene rings is 9. The summed E-state index contributed by atoms with van der Waals surface area (Å²) in [4.78, 5) is 15.4. The van der Waals surface area contributed by atoms with Crippen molar-refractivity contribution in [2.75, 3.05) is 0 Å². The van der Waals surface area contributed by atoms with Gasteiger partial charge in [0.05, 0.1) is 0 Å². The van der Waals surface area contributed by atoms with Crippen LogP contribution in [0.25, 0.3) is 141 Å². The molecule has 0 saturated heterocycles. The first-order valence-corrected chi connectivity index (χ1v) is 22.9. The Morgan fingerprint density at radius 2 is 0.906 bits per heavy atom. The summed E-state index contributed by atoms with van der Waals surface area (Å²) in [7, 11) is 0. The standard InChI is InChI=1S/C57H31N3O2S2/c1-2-11-32(12-3-1)55-58-56(35-22-24-39-38-13-4-7-17-45(38)62-48(39)30-35)60-57(59-55)43-16-10-18-47-52(43)44-29-33(23-28-46(44)61-47)36-26-27-37(54-53(36)42-15-6-9-20-50(42)64-54)34-21-25-41-40-14-5-8-19-49(40)63-51(41)31-34/h1-31H. The molecular weight excluding hydrogens is 823 g/mol. The molecule has 14 rings (SSSR count). The minimum atomic E-state index is 0.565. The van der Waals surface area contributed by atoms with E-state index in [2.05, 4.69) is 121 Å². The van der Waals surface area contributed by atoms with Crippen molar-refractivity contribution in [3.63, 3.8) is 0 Å². The van der Waals surface area contributed by atoms with Crippen LogP contribution in [-0.2, 0) is 0 Å². The molecule has 0 amide bonds. The number of para-hydroxylation sites is 1. The molecule has 0 aliphatic carbocycles. The Labute approximate surface area is 373 Å². The summed E-state index contributed by atoms with van der Waals surface area (Å²) in [5, 5.41) is 9.24. The predicted molar refractivity (Wildman–Crippen MR) is 267 cm³/mol. The molecule has 5 aromatic heterocycles. The summed E-state index contributed by atoms with van der Waals surface area (Å²) < 4.78 is 18.1. The summed E-state index contributed by atoms with van der Waals surface area (Å²) in [6, 6.07) is 66.2. The highest BCUT2D eigenvalue weighted by atomic mass is 32.1. The first kappa shape index (κ1) is 35.6. The summed E-state index contributed by atoms with van der Waals surface area (Å²) in [5.41, 5.74) is 10.6. The van der Waals surface area contributed by atoms with Gasteiger partial charge >= 0.3 is 0 Å². The molecule has 0 N–H and O–H groups in total. The Kier molecular flexibility index (Phi) is 7.66. The number of rotatable bonds is 5. The number of furan rings is 2. The normalized spacial score (nSPS) is 12.1. The molecule has 14 aromatic rings. The van der Waals surface area contributed by atoms with Crippen LogP contribution >= 0.6 is 22.7 Å². The van der Waals surface area contributed by atoms with Crippen molar-refractivity contribution in [2.45, 2.75) is 0 Å². The van der Waals surface area contributed by atoms with Crippen molar-refractivity contribution in [2.24, 2.45) is 0 Å². The van der Waals surface area contributed by atoms with Gasteiger partial charge in [0.15, 0.2) is 17.5 Å². The first-order valence-electron chi connectivity index (χ1n) is 21.2. The van der Waals surface area contributed by atoms with Gasteiger partial charge in [-0.1, -0.05) is 133 Å². The van der Waals surface area contributed by atoms with Crippen LogP contribution in [-0.4, -0.2) is 15.0 Å². The van der Waals surface area contributed by atoms with Gasteiger partial charge in [0.1, 0.15) is 22.3 Å². The molecule has 0 spiro atoms. The Balaban J connectivity index is 0.951. The Bertz CT molecular complexity index is 4220. The van der Waals surface area contributed by atoms with Crippen LogP contribution in [0.1, 0.15) is 0 Å². The molecule has 7 heteroatoms. The Hall–Kier alpha value is -7.97. The fraction of sp³-hybridized carbons (Fsp3) is 0. The largest absolute Gasteiger partial charge is 0.456 e. The van der Waals surface area contributed by atoms with Crippen molar-refractivity contribution >= 4 is 107 Å². The zero-order valence-electron chi connectivity index (χ0n) is 33.9. The lowest BCUT2D eigenvalue weighted by molar-refractivity contribution is 0.668. The third-order valence-electron chi connectivity index (χ3n) is 12.6. The second-order valence-electron chi connectivity index (χ2n) is 16.2. The number of hydrogen-bond donors (Lipinski definition) is 0. The van der Waals surface area contributed by atoms with E-state index in [9.17, 15) is 0 Å². The van der Waals surface area contributed by atoms with Gasteiger partial charge in [0, 0.05) is 78.6 Å². The van der Waals surface area contributed by atoms with Gasteiger partial charge in [-0.15, -0.1) is 22.7 Å². The maximum Gasteiger partial charge on any atom is 0.164 e. The average Bonchev–Trinajstić information content (AvgIpc) is 4.13. The number of nitrogens with zero attached hydrogens (tertiary/aromatic N) is 3. The molecule has 0 atom stereocenters. The second-order valence-corrected chi connectivity index (χ2v) is 18.4. The molecule has 0 saturated carbocycles. The Morgan fingerprint density at radius 1 is 0.297 bits per heavy atom. The van der Waals surface area contributed by atoms with Crippen molar-refractivity contribution < 1.29 is 8.83 Å². The Morgan fingerprint density at radius 3 is 1.80 bits per heavy atom. The predicted octanol–water partition coefficient (Wildman–Crippen LogP) is 16.7. The molecule has 0 bridgehead atoms. The molecule has 5 heterocycles. The van der Waals surface area contributed by atoms with Gasteiger partial charge in [0.25, 0.3) is 0 Å². The monoisotopic (exact) mass is 853 g/mol. The minimum Gasteiger partial charge on any atom is -0.456 e. The molecule has 0 unspecified atom stereocenters. The summed E-state index contributed by atoms with van der Waals surface area (Å²) >= 11 is 3.73. The number of fused-ring (bicyclic) bond motifs is 12. The van der Waals surface area contributed by atoms with E-state index in [0.29, 0.717) is 17.5 Å². The van der Waals surface area contributed by atoms with Gasteiger partial charge in [-0.25, -0.2) is 15.0 Å². The van der Waals surface area contributed by atoms with Crippen molar-refractivity contribution in [3.05, 3.63) is 188 Å². The zero-order chi connectivity index (χ0) is 41.9. The highest BCUT2D eigenvalue weighted by molar-refractivity contribution is 7.26. The van der Waals surface area contributed by atoms with E-state index < -0.39 is 0 Å². The molecule has 0 fully saturated rings. The van der Waals surface area contributed by atoms with E-state index >= 15 is 0 Å². The lowest BCUT2D eigenvalue weighted by Crippen LogP contribution is -2.00. The molecule has 0 aliphatic heterocycles. The zero-order valence-corrected chi connectivity index (χ0v) is 35.5. The molecular formula is C57H31N3O2S2. The topological polar surface area (TPSA) is 65.0 Å². The van der Waals surface area contributed by atoms with E-state index in [-0.39, 0.29) is 0 Å². The fourth-order valence-electron chi connectivity index (χ4n) is 9.58. The van der Waals surface area contributed by atoms with Crippen LogP contribution in [0, 0.1) is 0 Å². The number of thiophene rings is 2. The van der Waals surface area contributed by atoms with Crippen LogP contribution in [0.5, 0.6) is 0 Å². The van der Waals surface area contributed by atoms with Crippen molar-refractivity contribution in [3.8, 4) is 56.4 Å². The van der Waals surface area contributed by atoms with E-state index in [1.807, 2.05) is 89.4 Å². The van der Waals surface area contributed by atoms with E-state index in [1.165, 1.54) is 57.0 Å². The van der Waals surface area contributed by atoms with Crippen LogP contribution in [0.3, 0.4) is 0 Å².